The minimum absolute atomic E-state index is 0.186. The van der Waals surface area contributed by atoms with Crippen molar-refractivity contribution < 1.29 is 9.84 Å². The van der Waals surface area contributed by atoms with E-state index in [0.29, 0.717) is 0 Å². The molecule has 3 nitrogen and oxygen atoms in total. The molecule has 1 aliphatic rings. The van der Waals surface area contributed by atoms with Gasteiger partial charge >= 0.3 is 0 Å². The zero-order valence-electron chi connectivity index (χ0n) is 12.2. The number of hydrogen-bond acceptors (Lipinski definition) is 3. The number of aliphatic hydroxyl groups excluding tert-OH is 1. The van der Waals surface area contributed by atoms with Gasteiger partial charge in [-0.3, -0.25) is 0 Å². The predicted octanol–water partition coefficient (Wildman–Crippen LogP) is 2.71. The van der Waals surface area contributed by atoms with Gasteiger partial charge in [0.05, 0.1) is 13.2 Å². The Hall–Kier alpha value is -1.06. The van der Waals surface area contributed by atoms with Crippen LogP contribution in [0.5, 0.6) is 5.75 Å². The van der Waals surface area contributed by atoms with Crippen molar-refractivity contribution in [2.75, 3.05) is 7.11 Å². The third-order valence-electron chi connectivity index (χ3n) is 4.02. The number of hydrogen-bond donors (Lipinski definition) is 2. The molecule has 2 rings (SSSR count). The minimum atomic E-state index is -0.186. The molecule has 0 spiro atoms. The highest BCUT2D eigenvalue weighted by Gasteiger charge is 2.22. The molecule has 0 bridgehead atoms. The number of methoxy groups -OCH3 is 1. The zero-order chi connectivity index (χ0) is 13.8. The van der Waals surface area contributed by atoms with Crippen molar-refractivity contribution in [2.24, 2.45) is 0 Å². The van der Waals surface area contributed by atoms with Gasteiger partial charge in [-0.25, -0.2) is 0 Å². The molecule has 0 heterocycles. The Labute approximate surface area is 116 Å². The number of rotatable bonds is 4. The third-order valence-corrected chi connectivity index (χ3v) is 4.02. The molecule has 1 aromatic rings. The van der Waals surface area contributed by atoms with E-state index in [-0.39, 0.29) is 12.1 Å². The second-order valence-corrected chi connectivity index (χ2v) is 5.60. The summed E-state index contributed by atoms with van der Waals surface area (Å²) in [5, 5.41) is 13.4. The van der Waals surface area contributed by atoms with E-state index in [4.69, 9.17) is 4.74 Å². The molecule has 2 unspecified atom stereocenters. The molecular weight excluding hydrogens is 238 g/mol. The summed E-state index contributed by atoms with van der Waals surface area (Å²) in [4.78, 5) is 0. The number of ether oxygens (including phenoxy) is 1. The van der Waals surface area contributed by atoms with Crippen LogP contribution in [0.15, 0.2) is 12.1 Å². The van der Waals surface area contributed by atoms with E-state index in [0.717, 1.165) is 31.6 Å². The molecule has 1 aromatic carbocycles. The standard InChI is InChI=1S/C16H25NO2/c1-11-8-13(9-12(2)16(11)19-3)10-17-14-6-4-5-7-15(14)18/h8-9,14-15,17-18H,4-7,10H2,1-3H3. The van der Waals surface area contributed by atoms with Crippen molar-refractivity contribution in [3.63, 3.8) is 0 Å². The minimum Gasteiger partial charge on any atom is -0.496 e. The van der Waals surface area contributed by atoms with Crippen LogP contribution in [0.1, 0.15) is 42.4 Å². The first-order chi connectivity index (χ1) is 9.11. The molecule has 0 amide bonds. The summed E-state index contributed by atoms with van der Waals surface area (Å²) in [6.45, 7) is 4.96. The van der Waals surface area contributed by atoms with Gasteiger partial charge in [-0.1, -0.05) is 25.0 Å². The van der Waals surface area contributed by atoms with E-state index < -0.39 is 0 Å². The highest BCUT2D eigenvalue weighted by atomic mass is 16.5. The van der Waals surface area contributed by atoms with Gasteiger partial charge in [0, 0.05) is 12.6 Å². The normalized spacial score (nSPS) is 23.4. The maximum Gasteiger partial charge on any atom is 0.124 e. The highest BCUT2D eigenvalue weighted by molar-refractivity contribution is 5.43. The molecule has 0 aromatic heterocycles. The molecule has 0 saturated heterocycles. The van der Waals surface area contributed by atoms with Crippen LogP contribution in [0.3, 0.4) is 0 Å². The second-order valence-electron chi connectivity index (χ2n) is 5.60. The summed E-state index contributed by atoms with van der Waals surface area (Å²) in [5.41, 5.74) is 3.60. The second kappa shape index (κ2) is 6.40. The van der Waals surface area contributed by atoms with E-state index >= 15 is 0 Å². The van der Waals surface area contributed by atoms with Gasteiger partial charge in [0.2, 0.25) is 0 Å². The quantitative estimate of drug-likeness (QED) is 0.877. The van der Waals surface area contributed by atoms with E-state index in [1.54, 1.807) is 7.11 Å². The summed E-state index contributed by atoms with van der Waals surface area (Å²) in [6.07, 6.45) is 4.19. The number of benzene rings is 1. The number of nitrogens with one attached hydrogen (secondary N) is 1. The van der Waals surface area contributed by atoms with Gasteiger partial charge in [0.1, 0.15) is 5.75 Å². The SMILES string of the molecule is COc1c(C)cc(CNC2CCCCC2O)cc1C. The fourth-order valence-electron chi connectivity index (χ4n) is 3.06. The van der Waals surface area contributed by atoms with Crippen molar-refractivity contribution in [3.8, 4) is 5.75 Å². The van der Waals surface area contributed by atoms with Gasteiger partial charge in [-0.05, 0) is 43.4 Å². The maximum atomic E-state index is 9.96. The molecular formula is C16H25NO2. The van der Waals surface area contributed by atoms with E-state index in [2.05, 4.69) is 31.3 Å². The van der Waals surface area contributed by atoms with Crippen LogP contribution in [0.25, 0.3) is 0 Å². The molecule has 19 heavy (non-hydrogen) atoms. The highest BCUT2D eigenvalue weighted by Crippen LogP contribution is 2.25. The number of aliphatic hydroxyl groups is 1. The van der Waals surface area contributed by atoms with Crippen LogP contribution in [0.2, 0.25) is 0 Å². The predicted molar refractivity (Wildman–Crippen MR) is 77.6 cm³/mol. The van der Waals surface area contributed by atoms with Gasteiger partial charge in [0.25, 0.3) is 0 Å². The van der Waals surface area contributed by atoms with E-state index in [1.165, 1.54) is 23.1 Å². The summed E-state index contributed by atoms with van der Waals surface area (Å²) in [6, 6.07) is 4.57. The zero-order valence-corrected chi connectivity index (χ0v) is 12.2. The molecule has 0 aliphatic heterocycles. The molecule has 1 fully saturated rings. The van der Waals surface area contributed by atoms with Gasteiger partial charge in [-0.15, -0.1) is 0 Å². The summed E-state index contributed by atoms with van der Waals surface area (Å²) < 4.78 is 5.38. The molecule has 1 saturated carbocycles. The summed E-state index contributed by atoms with van der Waals surface area (Å²) in [7, 11) is 1.71. The van der Waals surface area contributed by atoms with Gasteiger partial charge < -0.3 is 15.2 Å². The monoisotopic (exact) mass is 263 g/mol. The molecule has 3 heteroatoms. The summed E-state index contributed by atoms with van der Waals surface area (Å²) >= 11 is 0. The van der Waals surface area contributed by atoms with E-state index in [9.17, 15) is 5.11 Å². The number of aryl methyl sites for hydroxylation is 2. The molecule has 2 atom stereocenters. The fourth-order valence-corrected chi connectivity index (χ4v) is 3.06. The Balaban J connectivity index is 1.99. The van der Waals surface area contributed by atoms with Crippen LogP contribution < -0.4 is 10.1 Å². The first-order valence-corrected chi connectivity index (χ1v) is 7.17. The Morgan fingerprint density at radius 3 is 2.42 bits per heavy atom. The Morgan fingerprint density at radius 2 is 1.84 bits per heavy atom. The third kappa shape index (κ3) is 3.48. The van der Waals surface area contributed by atoms with Crippen LogP contribution >= 0.6 is 0 Å². The van der Waals surface area contributed by atoms with Crippen molar-refractivity contribution in [1.82, 2.24) is 5.32 Å². The lowest BCUT2D eigenvalue weighted by molar-refractivity contribution is 0.0902. The fraction of sp³-hybridized carbons (Fsp3) is 0.625. The Kier molecular flexibility index (Phi) is 4.83. The molecule has 2 N–H and O–H groups in total. The maximum absolute atomic E-state index is 9.96. The molecule has 106 valence electrons. The van der Waals surface area contributed by atoms with Gasteiger partial charge in [0.15, 0.2) is 0 Å². The Bertz CT molecular complexity index is 408. The van der Waals surface area contributed by atoms with E-state index in [1.807, 2.05) is 0 Å². The average molecular weight is 263 g/mol. The largest absolute Gasteiger partial charge is 0.496 e. The van der Waals surface area contributed by atoms with Crippen LogP contribution in [-0.4, -0.2) is 24.4 Å². The smallest absolute Gasteiger partial charge is 0.124 e. The van der Waals surface area contributed by atoms with Crippen molar-refractivity contribution in [3.05, 3.63) is 28.8 Å². The molecule has 0 radical (unpaired) electrons. The van der Waals surface area contributed by atoms with Crippen molar-refractivity contribution in [2.45, 2.75) is 58.2 Å². The topological polar surface area (TPSA) is 41.5 Å². The van der Waals surface area contributed by atoms with Crippen LogP contribution in [-0.2, 0) is 6.54 Å². The lowest BCUT2D eigenvalue weighted by atomic mass is 9.92. The Morgan fingerprint density at radius 1 is 1.21 bits per heavy atom. The lowest BCUT2D eigenvalue weighted by Gasteiger charge is -2.28. The average Bonchev–Trinajstić information content (AvgIpc) is 2.37. The van der Waals surface area contributed by atoms with Gasteiger partial charge in [-0.2, -0.15) is 0 Å². The summed E-state index contributed by atoms with van der Waals surface area (Å²) in [5.74, 6) is 0.974. The van der Waals surface area contributed by atoms with Crippen LogP contribution in [0.4, 0.5) is 0 Å². The first-order valence-electron chi connectivity index (χ1n) is 7.17. The lowest BCUT2D eigenvalue weighted by Crippen LogP contribution is -2.41. The van der Waals surface area contributed by atoms with Crippen molar-refractivity contribution in [1.29, 1.82) is 0 Å². The molecule has 1 aliphatic carbocycles. The first kappa shape index (κ1) is 14.4. The van der Waals surface area contributed by atoms with Crippen LogP contribution in [0, 0.1) is 13.8 Å². The van der Waals surface area contributed by atoms with Crippen molar-refractivity contribution >= 4 is 0 Å².